The summed E-state index contributed by atoms with van der Waals surface area (Å²) < 4.78 is 65.0. The van der Waals surface area contributed by atoms with Gasteiger partial charge in [-0.2, -0.15) is 0 Å². The first-order valence-electron chi connectivity index (χ1n) is 40.1. The quantitative estimate of drug-likeness (QED) is 0.00673. The number of hydrogen-bond donors (Lipinski definition) is 11. The van der Waals surface area contributed by atoms with Crippen molar-refractivity contribution in [1.29, 1.82) is 0 Å². The normalized spacial score (nSPS) is 27.4. The van der Waals surface area contributed by atoms with Crippen LogP contribution < -0.4 is 0 Å². The predicted molar refractivity (Wildman–Crippen MR) is 388 cm³/mol. The van der Waals surface area contributed by atoms with E-state index in [0.717, 1.165) is 96.0 Å². The Morgan fingerprint density at radius 1 is 0.431 bits per heavy atom. The van der Waals surface area contributed by atoms with Gasteiger partial charge in [0.1, 0.15) is 98.7 Å². The van der Waals surface area contributed by atoms with Crippen LogP contribution in [-0.4, -0.2) is 204 Å². The van der Waals surface area contributed by atoms with E-state index in [1.807, 2.05) is 6.08 Å². The maximum atomic E-state index is 14.4. The van der Waals surface area contributed by atoms with Crippen LogP contribution in [0.15, 0.2) is 24.3 Å². The summed E-state index contributed by atoms with van der Waals surface area (Å²) in [6, 6.07) is 0. The fraction of sp³-hybridized carbons (Fsp3) is 0.909. The molecule has 0 spiro atoms. The van der Waals surface area contributed by atoms with Crippen LogP contribution in [0, 0.1) is 5.92 Å². The molecule has 25 heteroatoms. The van der Waals surface area contributed by atoms with Crippen molar-refractivity contribution < 1.29 is 117 Å². The van der Waals surface area contributed by atoms with Crippen LogP contribution in [0.5, 0.6) is 0 Å². The average molecular weight is 1480 g/mol. The number of ether oxygens (including phenoxy) is 7. The lowest BCUT2D eigenvalue weighted by atomic mass is 9.84. The fourth-order valence-electron chi connectivity index (χ4n) is 13.4. The molecule has 3 aliphatic rings. The minimum atomic E-state index is -5.73. The number of allylic oxidation sites excluding steroid dienone is 3. The van der Waals surface area contributed by atoms with Crippen molar-refractivity contribution >= 4 is 25.7 Å². The monoisotopic (exact) mass is 1480 g/mol. The SMILES string of the molecule is CCCCCCCCCCCCC/C=C/C=C/C(=O)OC(COC(=O)CCCCCCCCC(C)CCCCCCCC)COP(=O)(O)OC1C(OC2OC(CO)C(O)C(O)C2O)C(O)C(O)C(O)C1OC1OC(COC(=O)CCCCCCCCCCCCCCCCCC)C(O)C(O)C1O. The van der Waals surface area contributed by atoms with E-state index in [4.69, 9.17) is 42.2 Å². The van der Waals surface area contributed by atoms with Crippen LogP contribution >= 0.6 is 7.82 Å². The van der Waals surface area contributed by atoms with Crippen LogP contribution in [0.2, 0.25) is 0 Å². The second kappa shape index (κ2) is 57.5. The van der Waals surface area contributed by atoms with Gasteiger partial charge in [0.25, 0.3) is 0 Å². The molecule has 19 unspecified atom stereocenters. The van der Waals surface area contributed by atoms with Crippen LogP contribution in [0.4, 0.5) is 0 Å². The van der Waals surface area contributed by atoms with Crippen LogP contribution in [0.1, 0.15) is 310 Å². The van der Waals surface area contributed by atoms with E-state index in [0.29, 0.717) is 18.8 Å². The summed E-state index contributed by atoms with van der Waals surface area (Å²) >= 11 is 0. The third-order valence-electron chi connectivity index (χ3n) is 20.0. The van der Waals surface area contributed by atoms with Gasteiger partial charge in [-0.15, -0.1) is 0 Å². The maximum absolute atomic E-state index is 14.4. The molecule has 1 saturated carbocycles. The number of phosphoric ester groups is 1. The molecule has 0 aromatic carbocycles. The number of rotatable bonds is 62. The molecule has 0 aromatic heterocycles. The standard InChI is InChI=1S/C77H141O24P/c1-5-8-11-14-17-19-21-23-25-27-28-30-32-34-40-46-51-62(80)94-56-60-65(83)67(85)72(90)77(98-60)100-74-70(88)68(86)69(87)73(99-76-71(89)66(84)64(82)59(53-78)97-76)75(74)101-102(91,92)95-55-58(96-63(81)52-47-42-35-33-31-29-26-24-22-20-18-15-12-9-6-2)54-93-61(79)50-45-41-37-36-39-44-49-57(4)48-43-38-16-13-10-7-3/h35,42,47,52,57-60,64-78,82-90H,5-34,36-41,43-46,48-51,53-56H2,1-4H3,(H,91,92)/b42-35+,52-47+. The third-order valence-corrected chi connectivity index (χ3v) is 21.0. The predicted octanol–water partition coefficient (Wildman–Crippen LogP) is 11.9. The molecule has 0 amide bonds. The summed E-state index contributed by atoms with van der Waals surface area (Å²) in [6.07, 6.45) is 18.7. The molecule has 3 fully saturated rings. The first-order chi connectivity index (χ1) is 49.2. The summed E-state index contributed by atoms with van der Waals surface area (Å²) in [5.41, 5.74) is 0. The number of hydrogen-bond acceptors (Lipinski definition) is 23. The fourth-order valence-corrected chi connectivity index (χ4v) is 14.3. The molecule has 598 valence electrons. The minimum absolute atomic E-state index is 0.0263. The van der Waals surface area contributed by atoms with Crippen molar-refractivity contribution in [2.24, 2.45) is 5.92 Å². The van der Waals surface area contributed by atoms with Crippen LogP contribution in [0.25, 0.3) is 0 Å². The van der Waals surface area contributed by atoms with E-state index in [2.05, 4.69) is 27.7 Å². The van der Waals surface area contributed by atoms with E-state index in [1.54, 1.807) is 6.08 Å². The first kappa shape index (κ1) is 93.6. The van der Waals surface area contributed by atoms with Gasteiger partial charge < -0.3 is 89.1 Å². The molecule has 2 saturated heterocycles. The number of aliphatic hydroxyl groups is 10. The van der Waals surface area contributed by atoms with Gasteiger partial charge in [0.15, 0.2) is 18.7 Å². The molecule has 3 rings (SSSR count). The van der Waals surface area contributed by atoms with Gasteiger partial charge in [-0.05, 0) is 31.6 Å². The number of esters is 3. The van der Waals surface area contributed by atoms with Crippen molar-refractivity contribution in [3.8, 4) is 0 Å². The second-order valence-electron chi connectivity index (χ2n) is 29.1. The van der Waals surface area contributed by atoms with E-state index in [9.17, 15) is 74.9 Å². The summed E-state index contributed by atoms with van der Waals surface area (Å²) in [5.74, 6) is -1.55. The molecule has 2 aliphatic heterocycles. The largest absolute Gasteiger partial charge is 0.472 e. The number of phosphoric acid groups is 1. The zero-order valence-corrected chi connectivity index (χ0v) is 63.7. The van der Waals surface area contributed by atoms with Crippen LogP contribution in [0.3, 0.4) is 0 Å². The van der Waals surface area contributed by atoms with E-state index in [1.165, 1.54) is 173 Å². The minimum Gasteiger partial charge on any atom is -0.463 e. The van der Waals surface area contributed by atoms with Gasteiger partial charge in [0.05, 0.1) is 13.2 Å². The molecule has 19 atom stereocenters. The Morgan fingerprint density at radius 2 is 0.804 bits per heavy atom. The Balaban J connectivity index is 1.73. The average Bonchev–Trinajstić information content (AvgIpc) is 0.761. The summed E-state index contributed by atoms with van der Waals surface area (Å²) in [6.45, 7) is 5.70. The van der Waals surface area contributed by atoms with Gasteiger partial charge >= 0.3 is 25.7 Å². The highest BCUT2D eigenvalue weighted by Crippen LogP contribution is 2.49. The third kappa shape index (κ3) is 40.0. The Bertz CT molecular complexity index is 2210. The van der Waals surface area contributed by atoms with Crippen molar-refractivity contribution in [2.75, 3.05) is 26.4 Å². The molecule has 0 aromatic rings. The Morgan fingerprint density at radius 3 is 1.24 bits per heavy atom. The first-order valence-corrected chi connectivity index (χ1v) is 41.5. The summed E-state index contributed by atoms with van der Waals surface area (Å²) in [5, 5.41) is 110. The van der Waals surface area contributed by atoms with Crippen molar-refractivity contribution in [2.45, 2.75) is 414 Å². The van der Waals surface area contributed by atoms with E-state index < -0.39 is 156 Å². The molecule has 0 bridgehead atoms. The van der Waals surface area contributed by atoms with Gasteiger partial charge in [-0.25, -0.2) is 9.36 Å². The molecule has 0 radical (unpaired) electrons. The summed E-state index contributed by atoms with van der Waals surface area (Å²) in [7, 11) is -5.73. The highest BCUT2D eigenvalue weighted by Gasteiger charge is 2.58. The number of carbonyl (C=O) groups excluding carboxylic acids is 3. The Kier molecular flexibility index (Phi) is 52.8. The van der Waals surface area contributed by atoms with Crippen LogP contribution in [-0.2, 0) is 61.2 Å². The molecular weight excluding hydrogens is 1340 g/mol. The zero-order valence-electron chi connectivity index (χ0n) is 62.8. The molecular formula is C77H141O24P. The molecule has 24 nitrogen and oxygen atoms in total. The number of aliphatic hydroxyl groups excluding tert-OH is 10. The Labute approximate surface area is 611 Å². The maximum Gasteiger partial charge on any atom is 0.472 e. The lowest BCUT2D eigenvalue weighted by Crippen LogP contribution is -2.69. The van der Waals surface area contributed by atoms with Crippen molar-refractivity contribution in [1.82, 2.24) is 0 Å². The van der Waals surface area contributed by atoms with E-state index in [-0.39, 0.29) is 12.8 Å². The highest BCUT2D eigenvalue weighted by atomic mass is 31.2. The smallest absolute Gasteiger partial charge is 0.463 e. The van der Waals surface area contributed by atoms with Crippen molar-refractivity contribution in [3.63, 3.8) is 0 Å². The molecule has 1 aliphatic carbocycles. The number of unbranched alkanes of at least 4 members (excludes halogenated alkanes) is 36. The lowest BCUT2D eigenvalue weighted by Gasteiger charge is -2.49. The second-order valence-corrected chi connectivity index (χ2v) is 30.5. The lowest BCUT2D eigenvalue weighted by molar-refractivity contribution is -0.360. The Hall–Kier alpha value is -2.56. The molecule has 11 N–H and O–H groups in total. The zero-order chi connectivity index (χ0) is 74.8. The van der Waals surface area contributed by atoms with Gasteiger partial charge in [-0.3, -0.25) is 18.6 Å². The van der Waals surface area contributed by atoms with Gasteiger partial charge in [0, 0.05) is 18.9 Å². The topological polar surface area (TPSA) is 374 Å². The highest BCUT2D eigenvalue weighted by molar-refractivity contribution is 7.47. The summed E-state index contributed by atoms with van der Waals surface area (Å²) in [4.78, 5) is 51.0. The number of carbonyl (C=O) groups is 3. The van der Waals surface area contributed by atoms with Gasteiger partial charge in [-0.1, -0.05) is 290 Å². The van der Waals surface area contributed by atoms with E-state index >= 15 is 0 Å². The molecule has 102 heavy (non-hydrogen) atoms. The molecule has 2 heterocycles. The van der Waals surface area contributed by atoms with Crippen molar-refractivity contribution in [3.05, 3.63) is 24.3 Å². The van der Waals surface area contributed by atoms with Gasteiger partial charge in [0.2, 0.25) is 0 Å².